The van der Waals surface area contributed by atoms with Gasteiger partial charge >= 0.3 is 29.8 Å². The fourth-order valence-electron chi connectivity index (χ4n) is 9.53. The molecule has 4 aliphatic rings. The van der Waals surface area contributed by atoms with Gasteiger partial charge in [-0.1, -0.05) is 61.5 Å². The molecule has 11 nitrogen and oxygen atoms in total. The van der Waals surface area contributed by atoms with Crippen LogP contribution in [0.25, 0.3) is 0 Å². The fourth-order valence-corrected chi connectivity index (χ4v) is 9.53. The Balaban J connectivity index is 1.66. The lowest BCUT2D eigenvalue weighted by atomic mass is 9.55. The van der Waals surface area contributed by atoms with Crippen LogP contribution in [0.15, 0.2) is 85.0 Å². The Morgan fingerprint density at radius 2 is 1.33 bits per heavy atom. The molecular weight excluding hydrogens is 656 g/mol. The van der Waals surface area contributed by atoms with E-state index in [0.29, 0.717) is 5.56 Å². The minimum atomic E-state index is -1.75. The van der Waals surface area contributed by atoms with Crippen LogP contribution in [-0.4, -0.2) is 72.1 Å². The molecule has 2 aromatic carbocycles. The van der Waals surface area contributed by atoms with Crippen LogP contribution in [0, 0.1) is 29.1 Å². The zero-order valence-corrected chi connectivity index (χ0v) is 29.7. The number of hydrogen-bond acceptors (Lipinski definition) is 11. The number of esters is 5. The molecule has 0 amide bonds. The molecule has 6 rings (SSSR count). The molecule has 51 heavy (non-hydrogen) atoms. The van der Waals surface area contributed by atoms with Crippen molar-refractivity contribution in [2.45, 2.75) is 83.6 Å². The van der Waals surface area contributed by atoms with Gasteiger partial charge in [0, 0.05) is 32.6 Å². The van der Waals surface area contributed by atoms with Crippen LogP contribution in [0.5, 0.6) is 0 Å². The van der Waals surface area contributed by atoms with E-state index in [1.807, 2.05) is 19.9 Å². The lowest BCUT2D eigenvalue weighted by Gasteiger charge is -2.51. The smallest absolute Gasteiger partial charge is 0.338 e. The van der Waals surface area contributed by atoms with Crippen molar-refractivity contribution in [2.24, 2.45) is 29.1 Å². The van der Waals surface area contributed by atoms with E-state index in [4.69, 9.17) is 28.4 Å². The first-order valence-electron chi connectivity index (χ1n) is 17.2. The Kier molecular flexibility index (Phi) is 9.48. The average Bonchev–Trinajstić information content (AvgIpc) is 3.52. The Bertz CT molecular complexity index is 1750. The molecule has 11 atom stereocenters. The Hall–Kier alpha value is -4.77. The molecule has 0 N–H and O–H groups in total. The van der Waals surface area contributed by atoms with Crippen molar-refractivity contribution >= 4 is 29.8 Å². The molecule has 1 saturated heterocycles. The van der Waals surface area contributed by atoms with Gasteiger partial charge in [0.25, 0.3) is 0 Å². The van der Waals surface area contributed by atoms with Crippen molar-refractivity contribution in [3.63, 3.8) is 0 Å². The minimum Gasteiger partial charge on any atom is -0.462 e. The number of benzene rings is 2. The summed E-state index contributed by atoms with van der Waals surface area (Å²) in [5, 5.41) is 0. The van der Waals surface area contributed by atoms with E-state index in [9.17, 15) is 24.0 Å². The third-order valence-corrected chi connectivity index (χ3v) is 11.1. The molecule has 0 radical (unpaired) electrons. The van der Waals surface area contributed by atoms with Gasteiger partial charge in [-0.3, -0.25) is 14.4 Å². The maximum atomic E-state index is 14.1. The second-order valence-electron chi connectivity index (χ2n) is 14.5. The molecule has 2 saturated carbocycles. The van der Waals surface area contributed by atoms with Crippen LogP contribution in [0.3, 0.4) is 0 Å². The summed E-state index contributed by atoms with van der Waals surface area (Å²) in [6.45, 7) is 13.4. The van der Waals surface area contributed by atoms with Crippen molar-refractivity contribution in [1.82, 2.24) is 0 Å². The molecule has 0 spiro atoms. The topological polar surface area (TPSA) is 141 Å². The maximum Gasteiger partial charge on any atom is 0.338 e. The SMILES string of the molecule is C=C(C)[C@H]1C=C[C@@H](OC(=O)c2ccccc2)[C@@]23CO[C@](C)([C@H](OC(=O)c4ccccc4)[C@@]4(OC(C)=O)C[C@H](C)[C@H](OC(C)=O)[C@@H]4[C@H]2OC(C)=O)[C@H]13. The summed E-state index contributed by atoms with van der Waals surface area (Å²) in [6, 6.07) is 16.9. The highest BCUT2D eigenvalue weighted by Crippen LogP contribution is 2.68. The van der Waals surface area contributed by atoms with Gasteiger partial charge in [-0.2, -0.15) is 0 Å². The van der Waals surface area contributed by atoms with Gasteiger partial charge in [0.1, 0.15) is 23.9 Å². The number of fused-ring (bicyclic) bond motifs is 1. The van der Waals surface area contributed by atoms with Gasteiger partial charge in [0.2, 0.25) is 0 Å². The van der Waals surface area contributed by atoms with Crippen LogP contribution in [-0.2, 0) is 42.8 Å². The Morgan fingerprint density at radius 1 is 0.765 bits per heavy atom. The zero-order valence-electron chi connectivity index (χ0n) is 29.7. The zero-order chi connectivity index (χ0) is 36.9. The lowest BCUT2D eigenvalue weighted by molar-refractivity contribution is -0.238. The minimum absolute atomic E-state index is 0.0566. The predicted molar refractivity (Wildman–Crippen MR) is 182 cm³/mol. The van der Waals surface area contributed by atoms with Crippen molar-refractivity contribution < 1.29 is 52.4 Å². The summed E-state index contributed by atoms with van der Waals surface area (Å²) in [4.78, 5) is 67.2. The molecular formula is C40H44O11. The van der Waals surface area contributed by atoms with Crippen molar-refractivity contribution in [3.05, 3.63) is 96.1 Å². The maximum absolute atomic E-state index is 14.1. The fraction of sp³-hybridized carbons (Fsp3) is 0.475. The van der Waals surface area contributed by atoms with Crippen LogP contribution < -0.4 is 0 Å². The van der Waals surface area contributed by atoms with Gasteiger partial charge < -0.3 is 28.4 Å². The molecule has 3 aliphatic carbocycles. The van der Waals surface area contributed by atoms with E-state index in [1.165, 1.54) is 20.8 Å². The molecule has 1 aliphatic heterocycles. The summed E-state index contributed by atoms with van der Waals surface area (Å²) < 4.78 is 38.6. The molecule has 270 valence electrons. The number of rotatable bonds is 8. The monoisotopic (exact) mass is 700 g/mol. The van der Waals surface area contributed by atoms with Gasteiger partial charge in [-0.05, 0) is 56.5 Å². The van der Waals surface area contributed by atoms with Gasteiger partial charge in [-0.15, -0.1) is 0 Å². The number of hydrogen-bond donors (Lipinski definition) is 0. The highest BCUT2D eigenvalue weighted by molar-refractivity contribution is 5.90. The highest BCUT2D eigenvalue weighted by atomic mass is 16.6. The highest BCUT2D eigenvalue weighted by Gasteiger charge is 2.82. The number of allylic oxidation sites excluding steroid dienone is 2. The quantitative estimate of drug-likeness (QED) is 0.198. The van der Waals surface area contributed by atoms with E-state index in [1.54, 1.807) is 73.7 Å². The number of carbonyl (C=O) groups is 5. The molecule has 0 unspecified atom stereocenters. The summed E-state index contributed by atoms with van der Waals surface area (Å²) in [6.07, 6.45) is -0.941. The van der Waals surface area contributed by atoms with E-state index in [2.05, 4.69) is 6.58 Å². The molecule has 2 aromatic rings. The summed E-state index contributed by atoms with van der Waals surface area (Å²) in [5.41, 5.74) is -3.32. The largest absolute Gasteiger partial charge is 0.462 e. The van der Waals surface area contributed by atoms with E-state index in [-0.39, 0.29) is 18.6 Å². The lowest BCUT2D eigenvalue weighted by Crippen LogP contribution is -2.64. The molecule has 1 heterocycles. The van der Waals surface area contributed by atoms with Crippen molar-refractivity contribution in [1.29, 1.82) is 0 Å². The predicted octanol–water partition coefficient (Wildman–Crippen LogP) is 5.43. The average molecular weight is 701 g/mol. The Morgan fingerprint density at radius 3 is 1.86 bits per heavy atom. The standard InChI is InChI=1S/C40H44O11/c1-22(2)29-18-19-30(49-35(44)27-14-10-8-11-15-27)39-21-46-38(7,33(29)39)37(50-36(45)28-16-12-9-13-17-28)40(51-26(6)43)20-23(3)32(47-24(4)41)31(40)34(39)48-25(5)42/h8-19,23,29-34,37H,1,20-21H2,2-7H3/t23-,29+,30+,31+,32-,33-,34+,37-,38-,39+,40+/m0/s1. The number of carbonyl (C=O) groups excluding carboxylic acids is 5. The molecule has 11 heteroatoms. The van der Waals surface area contributed by atoms with Crippen LogP contribution in [0.1, 0.15) is 68.7 Å². The third-order valence-electron chi connectivity index (χ3n) is 11.1. The molecule has 2 bridgehead atoms. The number of ether oxygens (including phenoxy) is 6. The van der Waals surface area contributed by atoms with E-state index < -0.39 is 94.6 Å². The van der Waals surface area contributed by atoms with Crippen LogP contribution >= 0.6 is 0 Å². The second-order valence-corrected chi connectivity index (χ2v) is 14.5. The third kappa shape index (κ3) is 5.95. The summed E-state index contributed by atoms with van der Waals surface area (Å²) >= 11 is 0. The first-order chi connectivity index (χ1) is 24.2. The van der Waals surface area contributed by atoms with Gasteiger partial charge in [0.15, 0.2) is 11.7 Å². The molecule has 0 aromatic heterocycles. The van der Waals surface area contributed by atoms with E-state index in [0.717, 1.165) is 5.57 Å². The summed E-state index contributed by atoms with van der Waals surface area (Å²) in [7, 11) is 0. The first-order valence-corrected chi connectivity index (χ1v) is 17.2. The van der Waals surface area contributed by atoms with E-state index >= 15 is 0 Å². The Labute approximate surface area is 297 Å². The van der Waals surface area contributed by atoms with Crippen LogP contribution in [0.2, 0.25) is 0 Å². The van der Waals surface area contributed by atoms with Crippen molar-refractivity contribution in [3.8, 4) is 0 Å². The van der Waals surface area contributed by atoms with Gasteiger partial charge in [0.05, 0.1) is 29.1 Å². The molecule has 3 fully saturated rings. The van der Waals surface area contributed by atoms with Crippen LogP contribution in [0.4, 0.5) is 0 Å². The first kappa shape index (κ1) is 36.0. The van der Waals surface area contributed by atoms with Crippen molar-refractivity contribution in [2.75, 3.05) is 6.61 Å². The second kappa shape index (κ2) is 13.4. The summed E-state index contributed by atoms with van der Waals surface area (Å²) in [5.74, 6) is -6.08. The van der Waals surface area contributed by atoms with Gasteiger partial charge in [-0.25, -0.2) is 9.59 Å². The normalized spacial score (nSPS) is 36.0.